The Balaban J connectivity index is 1.46. The minimum Gasteiger partial charge on any atom is -0.508 e. The van der Waals surface area contributed by atoms with E-state index in [-0.39, 0.29) is 5.75 Å². The molecule has 0 unspecified atom stereocenters. The van der Waals surface area contributed by atoms with E-state index in [9.17, 15) is 5.11 Å². The van der Waals surface area contributed by atoms with Crippen LogP contribution in [0.1, 0.15) is 51.9 Å². The Morgan fingerprint density at radius 2 is 1.28 bits per heavy atom. The van der Waals surface area contributed by atoms with E-state index in [4.69, 9.17) is 4.74 Å². The van der Waals surface area contributed by atoms with Gasteiger partial charge in [-0.1, -0.05) is 57.6 Å². The molecule has 152 valence electrons. The number of phenolic OH excluding ortho intramolecular Hbond substituents is 1. The molecule has 0 bridgehead atoms. The lowest BCUT2D eigenvalue weighted by molar-refractivity contribution is 0.304. The first-order valence-corrected chi connectivity index (χ1v) is 10.6. The fourth-order valence-electron chi connectivity index (χ4n) is 3.23. The summed E-state index contributed by atoms with van der Waals surface area (Å²) in [6.45, 7) is 3.02. The standard InChI is InChI=1S/C25H30N2O2/c1-2-3-4-5-6-7-8-17-29-24-15-11-21(12-16-24)25-26-18-22(19-27-25)20-9-13-23(28)14-10-20/h9-16,18-19,28H,2-8,17H2,1H3. The van der Waals surface area contributed by atoms with E-state index >= 15 is 0 Å². The molecule has 0 saturated heterocycles. The van der Waals surface area contributed by atoms with Crippen molar-refractivity contribution in [2.75, 3.05) is 6.61 Å². The number of hydrogen-bond acceptors (Lipinski definition) is 4. The van der Waals surface area contributed by atoms with Gasteiger partial charge in [0.1, 0.15) is 11.5 Å². The molecule has 4 heteroatoms. The van der Waals surface area contributed by atoms with Crippen LogP contribution in [0.25, 0.3) is 22.5 Å². The van der Waals surface area contributed by atoms with Crippen molar-refractivity contribution in [2.45, 2.75) is 51.9 Å². The number of nitrogens with zero attached hydrogens (tertiary/aromatic N) is 2. The van der Waals surface area contributed by atoms with Gasteiger partial charge in [-0.05, 0) is 48.4 Å². The zero-order chi connectivity index (χ0) is 20.3. The summed E-state index contributed by atoms with van der Waals surface area (Å²) in [7, 11) is 0. The van der Waals surface area contributed by atoms with Crippen LogP contribution in [0.4, 0.5) is 0 Å². The Hall–Kier alpha value is -2.88. The second kappa shape index (κ2) is 11.2. The second-order valence-electron chi connectivity index (χ2n) is 7.34. The van der Waals surface area contributed by atoms with Gasteiger partial charge in [0.25, 0.3) is 0 Å². The Kier molecular flexibility index (Phi) is 8.05. The largest absolute Gasteiger partial charge is 0.508 e. The molecule has 0 aliphatic rings. The zero-order valence-electron chi connectivity index (χ0n) is 17.2. The first kappa shape index (κ1) is 20.8. The van der Waals surface area contributed by atoms with E-state index in [1.165, 1.54) is 38.5 Å². The smallest absolute Gasteiger partial charge is 0.159 e. The summed E-state index contributed by atoms with van der Waals surface area (Å²) in [6.07, 6.45) is 12.6. The van der Waals surface area contributed by atoms with Crippen LogP contribution in [0.15, 0.2) is 60.9 Å². The summed E-state index contributed by atoms with van der Waals surface area (Å²) in [4.78, 5) is 8.96. The van der Waals surface area contributed by atoms with Crippen LogP contribution in [0, 0.1) is 0 Å². The molecule has 0 saturated carbocycles. The van der Waals surface area contributed by atoms with E-state index < -0.39 is 0 Å². The SMILES string of the molecule is CCCCCCCCCOc1ccc(-c2ncc(-c3ccc(O)cc3)cn2)cc1. The van der Waals surface area contributed by atoms with Gasteiger partial charge in [-0.25, -0.2) is 9.97 Å². The zero-order valence-corrected chi connectivity index (χ0v) is 17.2. The van der Waals surface area contributed by atoms with Gasteiger partial charge in [-0.15, -0.1) is 0 Å². The summed E-state index contributed by atoms with van der Waals surface area (Å²) < 4.78 is 5.85. The van der Waals surface area contributed by atoms with Crippen molar-refractivity contribution in [3.05, 3.63) is 60.9 Å². The number of aromatic hydroxyl groups is 1. The lowest BCUT2D eigenvalue weighted by Crippen LogP contribution is -1.97. The van der Waals surface area contributed by atoms with Gasteiger partial charge in [0, 0.05) is 23.5 Å². The van der Waals surface area contributed by atoms with Gasteiger partial charge < -0.3 is 9.84 Å². The third kappa shape index (κ3) is 6.60. The van der Waals surface area contributed by atoms with Crippen LogP contribution < -0.4 is 4.74 Å². The van der Waals surface area contributed by atoms with E-state index in [1.54, 1.807) is 24.5 Å². The van der Waals surface area contributed by atoms with Crippen molar-refractivity contribution >= 4 is 0 Å². The highest BCUT2D eigenvalue weighted by molar-refractivity contribution is 5.64. The number of aromatic nitrogens is 2. The third-order valence-corrected chi connectivity index (χ3v) is 4.98. The second-order valence-corrected chi connectivity index (χ2v) is 7.34. The lowest BCUT2D eigenvalue weighted by Gasteiger charge is -2.07. The van der Waals surface area contributed by atoms with Crippen LogP contribution in [-0.2, 0) is 0 Å². The number of benzene rings is 2. The molecular formula is C25H30N2O2. The molecule has 1 heterocycles. The normalized spacial score (nSPS) is 10.8. The average molecular weight is 391 g/mol. The average Bonchev–Trinajstić information content (AvgIpc) is 2.77. The van der Waals surface area contributed by atoms with E-state index in [0.29, 0.717) is 5.82 Å². The Labute approximate surface area is 173 Å². The minimum atomic E-state index is 0.251. The van der Waals surface area contributed by atoms with E-state index in [0.717, 1.165) is 35.5 Å². The van der Waals surface area contributed by atoms with Crippen molar-refractivity contribution in [1.82, 2.24) is 9.97 Å². The molecule has 3 rings (SSSR count). The molecule has 1 N–H and O–H groups in total. The predicted octanol–water partition coefficient (Wildman–Crippen LogP) is 6.65. The fourth-order valence-corrected chi connectivity index (χ4v) is 3.23. The van der Waals surface area contributed by atoms with E-state index in [1.807, 2.05) is 36.4 Å². The Morgan fingerprint density at radius 1 is 0.690 bits per heavy atom. The van der Waals surface area contributed by atoms with Crippen molar-refractivity contribution in [3.8, 4) is 34.0 Å². The maximum Gasteiger partial charge on any atom is 0.159 e. The summed E-state index contributed by atoms with van der Waals surface area (Å²) in [5.74, 6) is 1.83. The van der Waals surface area contributed by atoms with Crippen LogP contribution in [0.5, 0.6) is 11.5 Å². The maximum absolute atomic E-state index is 9.40. The van der Waals surface area contributed by atoms with Crippen LogP contribution in [0.2, 0.25) is 0 Å². The topological polar surface area (TPSA) is 55.2 Å². The molecule has 0 fully saturated rings. The van der Waals surface area contributed by atoms with Crippen LogP contribution in [0.3, 0.4) is 0 Å². The molecule has 29 heavy (non-hydrogen) atoms. The third-order valence-electron chi connectivity index (χ3n) is 4.98. The molecule has 0 aliphatic carbocycles. The van der Waals surface area contributed by atoms with Gasteiger partial charge in [0.05, 0.1) is 6.61 Å². The van der Waals surface area contributed by atoms with Gasteiger partial charge in [0.2, 0.25) is 0 Å². The van der Waals surface area contributed by atoms with Crippen molar-refractivity contribution in [1.29, 1.82) is 0 Å². The molecule has 0 spiro atoms. The van der Waals surface area contributed by atoms with Crippen molar-refractivity contribution in [2.24, 2.45) is 0 Å². The quantitative estimate of drug-likeness (QED) is 0.373. The van der Waals surface area contributed by atoms with Crippen LogP contribution in [-0.4, -0.2) is 21.7 Å². The highest BCUT2D eigenvalue weighted by atomic mass is 16.5. The molecule has 0 radical (unpaired) electrons. The maximum atomic E-state index is 9.40. The Bertz CT molecular complexity index is 844. The Morgan fingerprint density at radius 3 is 1.93 bits per heavy atom. The number of phenols is 1. The number of unbranched alkanes of at least 4 members (excludes halogenated alkanes) is 6. The molecule has 1 aromatic heterocycles. The molecule has 0 amide bonds. The summed E-state index contributed by atoms with van der Waals surface area (Å²) in [6, 6.07) is 15.0. The van der Waals surface area contributed by atoms with Gasteiger partial charge in [-0.2, -0.15) is 0 Å². The highest BCUT2D eigenvalue weighted by Crippen LogP contribution is 2.23. The first-order chi connectivity index (χ1) is 14.3. The lowest BCUT2D eigenvalue weighted by atomic mass is 10.1. The number of ether oxygens (including phenoxy) is 1. The summed E-state index contributed by atoms with van der Waals surface area (Å²) >= 11 is 0. The minimum absolute atomic E-state index is 0.251. The monoisotopic (exact) mass is 390 g/mol. The molecular weight excluding hydrogens is 360 g/mol. The first-order valence-electron chi connectivity index (χ1n) is 10.6. The predicted molar refractivity (Wildman–Crippen MR) is 118 cm³/mol. The molecule has 3 aromatic rings. The van der Waals surface area contributed by atoms with Crippen molar-refractivity contribution in [3.63, 3.8) is 0 Å². The van der Waals surface area contributed by atoms with Gasteiger partial charge in [0.15, 0.2) is 5.82 Å². The van der Waals surface area contributed by atoms with Crippen LogP contribution >= 0.6 is 0 Å². The summed E-state index contributed by atoms with van der Waals surface area (Å²) in [5, 5.41) is 9.40. The molecule has 2 aromatic carbocycles. The van der Waals surface area contributed by atoms with Gasteiger partial charge >= 0.3 is 0 Å². The van der Waals surface area contributed by atoms with Crippen molar-refractivity contribution < 1.29 is 9.84 Å². The fraction of sp³-hybridized carbons (Fsp3) is 0.360. The molecule has 0 aliphatic heterocycles. The highest BCUT2D eigenvalue weighted by Gasteiger charge is 2.04. The van der Waals surface area contributed by atoms with Gasteiger partial charge in [-0.3, -0.25) is 0 Å². The van der Waals surface area contributed by atoms with E-state index in [2.05, 4.69) is 16.9 Å². The number of hydrogen-bond donors (Lipinski definition) is 1. The number of rotatable bonds is 11. The molecule has 4 nitrogen and oxygen atoms in total. The molecule has 0 atom stereocenters. The summed E-state index contributed by atoms with van der Waals surface area (Å²) in [5.41, 5.74) is 2.86.